The summed E-state index contributed by atoms with van der Waals surface area (Å²) >= 11 is 0. The molecular formula is C27H19N7O. The topological polar surface area (TPSA) is 129 Å². The number of nitrogens with one attached hydrogen (secondary N) is 4. The van der Waals surface area contributed by atoms with Crippen LogP contribution in [0.2, 0.25) is 0 Å². The molecule has 168 valence electrons. The summed E-state index contributed by atoms with van der Waals surface area (Å²) in [6.45, 7) is 0. The number of anilines is 4. The summed E-state index contributed by atoms with van der Waals surface area (Å²) in [5.41, 5.74) is 4.05. The third-order valence-electron chi connectivity index (χ3n) is 5.60. The monoisotopic (exact) mass is 457 g/mol. The van der Waals surface area contributed by atoms with Gasteiger partial charge in [0.1, 0.15) is 11.7 Å². The van der Waals surface area contributed by atoms with E-state index in [1.807, 2.05) is 36.4 Å². The number of carbonyl (C=O) groups is 1. The summed E-state index contributed by atoms with van der Waals surface area (Å²) in [5, 5.41) is 32.8. The van der Waals surface area contributed by atoms with Crippen molar-refractivity contribution in [2.24, 2.45) is 0 Å². The lowest BCUT2D eigenvalue weighted by Crippen LogP contribution is -2.36. The Hall–Kier alpha value is -5.29. The van der Waals surface area contributed by atoms with Crippen LogP contribution in [-0.2, 0) is 0 Å². The molecule has 0 unspecified atom stereocenters. The van der Waals surface area contributed by atoms with Gasteiger partial charge in [0.05, 0.1) is 23.0 Å². The molecule has 0 saturated heterocycles. The Labute approximate surface area is 201 Å². The van der Waals surface area contributed by atoms with E-state index in [-0.39, 0.29) is 17.6 Å². The zero-order valence-electron chi connectivity index (χ0n) is 18.4. The smallest absolute Gasteiger partial charge is 0.255 e. The molecule has 0 aliphatic carbocycles. The van der Waals surface area contributed by atoms with Crippen molar-refractivity contribution in [3.63, 3.8) is 0 Å². The van der Waals surface area contributed by atoms with Crippen molar-refractivity contribution in [3.05, 3.63) is 113 Å². The molecule has 35 heavy (non-hydrogen) atoms. The number of nitrogens with zero attached hydrogens (tertiary/aromatic N) is 3. The van der Waals surface area contributed by atoms with E-state index in [4.69, 9.17) is 16.1 Å². The van der Waals surface area contributed by atoms with Crippen molar-refractivity contribution in [2.75, 3.05) is 15.5 Å². The van der Waals surface area contributed by atoms with Crippen molar-refractivity contribution >= 4 is 40.5 Å². The molecule has 0 atom stereocenters. The fourth-order valence-electron chi connectivity index (χ4n) is 3.81. The second-order valence-electron chi connectivity index (χ2n) is 7.79. The number of aromatic nitrogens is 1. The third kappa shape index (κ3) is 4.10. The maximum absolute atomic E-state index is 12.5. The molecule has 4 N–H and O–H groups in total. The number of amides is 1. The minimum Gasteiger partial charge on any atom is -0.338 e. The van der Waals surface area contributed by atoms with Gasteiger partial charge in [-0.3, -0.25) is 20.5 Å². The van der Waals surface area contributed by atoms with Crippen molar-refractivity contribution < 1.29 is 4.79 Å². The van der Waals surface area contributed by atoms with Gasteiger partial charge in [-0.1, -0.05) is 12.1 Å². The van der Waals surface area contributed by atoms with Crippen LogP contribution in [0.4, 0.5) is 22.9 Å². The lowest BCUT2D eigenvalue weighted by atomic mass is 10.1. The van der Waals surface area contributed by atoms with Crippen LogP contribution in [0.5, 0.6) is 0 Å². The van der Waals surface area contributed by atoms with E-state index in [9.17, 15) is 4.79 Å². The molecular weight excluding hydrogens is 438 g/mol. The van der Waals surface area contributed by atoms with E-state index < -0.39 is 0 Å². The molecule has 0 saturated carbocycles. The summed E-state index contributed by atoms with van der Waals surface area (Å²) in [6.07, 6.45) is 1.66. The average molecular weight is 457 g/mol. The maximum Gasteiger partial charge on any atom is 0.255 e. The minimum absolute atomic E-state index is 0.104. The van der Waals surface area contributed by atoms with Crippen LogP contribution in [0.3, 0.4) is 0 Å². The zero-order chi connectivity index (χ0) is 24.4. The number of hydrogen-bond acceptors (Lipinski definition) is 6. The van der Waals surface area contributed by atoms with E-state index in [1.54, 1.807) is 65.7 Å². The van der Waals surface area contributed by atoms with E-state index in [0.717, 1.165) is 5.69 Å². The van der Waals surface area contributed by atoms with Gasteiger partial charge < -0.3 is 10.6 Å². The summed E-state index contributed by atoms with van der Waals surface area (Å²) in [4.78, 5) is 18.5. The average Bonchev–Trinajstić information content (AvgIpc) is 3.02. The predicted molar refractivity (Wildman–Crippen MR) is 136 cm³/mol. The molecule has 0 spiro atoms. The molecule has 3 aromatic carbocycles. The Kier molecular flexibility index (Phi) is 5.49. The number of pyridine rings is 1. The molecule has 0 bridgehead atoms. The van der Waals surface area contributed by atoms with Gasteiger partial charge in [0.15, 0.2) is 5.82 Å². The van der Waals surface area contributed by atoms with Crippen LogP contribution in [0, 0.1) is 22.1 Å². The van der Waals surface area contributed by atoms with Crippen molar-refractivity contribution in [2.45, 2.75) is 0 Å². The van der Waals surface area contributed by atoms with E-state index in [2.05, 4.69) is 15.6 Å². The van der Waals surface area contributed by atoms with Crippen LogP contribution in [0.1, 0.15) is 27.0 Å². The summed E-state index contributed by atoms with van der Waals surface area (Å²) < 4.78 is 0. The number of carbonyl (C=O) groups excluding carboxylic acids is 1. The van der Waals surface area contributed by atoms with E-state index in [0.29, 0.717) is 39.4 Å². The SMILES string of the molecule is N#Cc1ccc(C(=O)Nc2ccc(C(=N)N3C(=N)c4ccccc4Nc4ncccc43)cc2)cc1. The zero-order valence-corrected chi connectivity index (χ0v) is 18.4. The Morgan fingerprint density at radius 2 is 1.66 bits per heavy atom. The summed E-state index contributed by atoms with van der Waals surface area (Å²) in [6, 6.07) is 26.3. The highest BCUT2D eigenvalue weighted by atomic mass is 16.1. The predicted octanol–water partition coefficient (Wildman–Crippen LogP) is 5.12. The maximum atomic E-state index is 12.5. The quantitative estimate of drug-likeness (QED) is 0.251. The molecule has 1 aliphatic heterocycles. The van der Waals surface area contributed by atoms with Crippen molar-refractivity contribution in [3.8, 4) is 6.07 Å². The highest BCUT2D eigenvalue weighted by Crippen LogP contribution is 2.34. The van der Waals surface area contributed by atoms with Crippen LogP contribution < -0.4 is 15.5 Å². The largest absolute Gasteiger partial charge is 0.338 e. The Bertz CT molecular complexity index is 1500. The van der Waals surface area contributed by atoms with Gasteiger partial charge in [-0.15, -0.1) is 0 Å². The molecule has 4 aromatic rings. The second kappa shape index (κ2) is 8.92. The Balaban J connectivity index is 1.41. The van der Waals surface area contributed by atoms with Crippen LogP contribution in [0.25, 0.3) is 0 Å². The van der Waals surface area contributed by atoms with Crippen molar-refractivity contribution in [1.29, 1.82) is 16.1 Å². The first kappa shape index (κ1) is 21.6. The first-order valence-corrected chi connectivity index (χ1v) is 10.8. The number of hydrogen-bond donors (Lipinski definition) is 4. The fourth-order valence-corrected chi connectivity index (χ4v) is 3.81. The Morgan fingerprint density at radius 1 is 0.943 bits per heavy atom. The molecule has 8 nitrogen and oxygen atoms in total. The third-order valence-corrected chi connectivity index (χ3v) is 5.60. The fraction of sp³-hybridized carbons (Fsp3) is 0. The molecule has 2 heterocycles. The lowest BCUT2D eigenvalue weighted by molar-refractivity contribution is 0.102. The number of nitriles is 1. The highest BCUT2D eigenvalue weighted by molar-refractivity contribution is 6.30. The molecule has 1 aliphatic rings. The summed E-state index contributed by atoms with van der Waals surface area (Å²) in [7, 11) is 0. The molecule has 8 heteroatoms. The molecule has 1 aromatic heterocycles. The standard InChI is InChI=1S/C27H19N7O/c28-16-17-7-9-19(10-8-17)27(35)32-20-13-11-18(12-14-20)24(29)34-23-6-3-15-31-26(23)33-22-5-2-1-4-21(22)25(34)30/h1-15,29-30H,(H,31,33)(H,32,35). The molecule has 5 rings (SSSR count). The van der Waals surface area contributed by atoms with Crippen LogP contribution in [0.15, 0.2) is 91.1 Å². The van der Waals surface area contributed by atoms with Gasteiger partial charge in [-0.25, -0.2) is 4.98 Å². The number of fused-ring (bicyclic) bond motifs is 2. The van der Waals surface area contributed by atoms with Gasteiger partial charge in [0.25, 0.3) is 5.91 Å². The minimum atomic E-state index is -0.297. The molecule has 0 radical (unpaired) electrons. The van der Waals surface area contributed by atoms with Gasteiger partial charge in [-0.05, 0) is 72.8 Å². The molecule has 1 amide bonds. The molecule has 0 fully saturated rings. The van der Waals surface area contributed by atoms with E-state index in [1.165, 1.54) is 0 Å². The van der Waals surface area contributed by atoms with Gasteiger partial charge in [0.2, 0.25) is 0 Å². The van der Waals surface area contributed by atoms with Gasteiger partial charge in [0, 0.05) is 28.6 Å². The van der Waals surface area contributed by atoms with Gasteiger partial charge >= 0.3 is 0 Å². The first-order valence-electron chi connectivity index (χ1n) is 10.8. The highest BCUT2D eigenvalue weighted by Gasteiger charge is 2.28. The van der Waals surface area contributed by atoms with E-state index >= 15 is 0 Å². The first-order chi connectivity index (χ1) is 17.0. The Morgan fingerprint density at radius 3 is 2.40 bits per heavy atom. The summed E-state index contributed by atoms with van der Waals surface area (Å²) in [5.74, 6) is 0.517. The van der Waals surface area contributed by atoms with Gasteiger partial charge in [-0.2, -0.15) is 5.26 Å². The van der Waals surface area contributed by atoms with Crippen LogP contribution >= 0.6 is 0 Å². The number of benzene rings is 3. The second-order valence-corrected chi connectivity index (χ2v) is 7.79. The normalized spacial score (nSPS) is 11.9. The number of para-hydroxylation sites is 1. The van der Waals surface area contributed by atoms with Crippen molar-refractivity contribution in [1.82, 2.24) is 4.98 Å². The number of amidine groups is 2. The number of rotatable bonds is 3. The lowest BCUT2D eigenvalue weighted by Gasteiger charge is -2.25. The van der Waals surface area contributed by atoms with Crippen LogP contribution in [-0.4, -0.2) is 22.6 Å².